The van der Waals surface area contributed by atoms with E-state index >= 15 is 0 Å². The van der Waals surface area contributed by atoms with E-state index in [1.54, 1.807) is 18.2 Å². The van der Waals surface area contributed by atoms with Crippen LogP contribution in [0.2, 0.25) is 0 Å². The molecule has 62 heavy (non-hydrogen) atoms. The quantitative estimate of drug-likeness (QED) is 0.0805. The maximum Gasteiger partial charge on any atom is 0.330 e. The van der Waals surface area contributed by atoms with Crippen molar-refractivity contribution in [3.05, 3.63) is 90.0 Å². The van der Waals surface area contributed by atoms with Crippen LogP contribution < -0.4 is 9.47 Å². The maximum absolute atomic E-state index is 14.1. The minimum Gasteiger partial charge on any atom is -0.508 e. The Morgan fingerprint density at radius 1 is 0.629 bits per heavy atom. The molecule has 8 rings (SSSR count). The van der Waals surface area contributed by atoms with Crippen molar-refractivity contribution >= 4 is 17.7 Å². The fourth-order valence-corrected chi connectivity index (χ4v) is 8.09. The Morgan fingerprint density at radius 2 is 1.11 bits per heavy atom. The SMILES string of the molecule is O=C(/C=C/C1=C[C@H]2C(=O)C[C@@H]1[C@@H](C(=O)OC[C@H]1O[C@@H](Oc3cc(O)cc(O)c3)[C@H](O)[C@@H](O)[C@@H]1O)[C@@H]2c1ccc(O)cc1)OC[C@H]1O[C@@H](Oc2cc(O)cc(O)c2)[C@H](O)[C@@H](O)[C@@H]1O. The van der Waals surface area contributed by atoms with Crippen molar-refractivity contribution in [2.75, 3.05) is 13.2 Å². The molecule has 1 saturated carbocycles. The minimum absolute atomic E-state index is 0.0728. The third-order valence-electron chi connectivity index (χ3n) is 11.1. The zero-order valence-electron chi connectivity index (χ0n) is 32.3. The number of hydrogen-bond donors (Lipinski definition) is 11. The van der Waals surface area contributed by atoms with Gasteiger partial charge < -0.3 is 84.6 Å². The maximum atomic E-state index is 14.1. The molecule has 2 heterocycles. The van der Waals surface area contributed by atoms with Gasteiger partial charge >= 0.3 is 11.9 Å². The molecule has 0 amide bonds. The van der Waals surface area contributed by atoms with Gasteiger partial charge in [0.25, 0.3) is 0 Å². The number of phenols is 5. The van der Waals surface area contributed by atoms with Crippen molar-refractivity contribution in [2.24, 2.45) is 17.8 Å². The Labute approximate surface area is 351 Å². The number of hydrogen-bond acceptors (Lipinski definition) is 20. The molecule has 2 bridgehead atoms. The summed E-state index contributed by atoms with van der Waals surface area (Å²) in [5, 5.41) is 112. The number of aliphatic hydroxyl groups is 6. The normalized spacial score (nSPS) is 33.1. The highest BCUT2D eigenvalue weighted by Gasteiger charge is 2.53. The zero-order valence-corrected chi connectivity index (χ0v) is 32.3. The second kappa shape index (κ2) is 18.2. The average Bonchev–Trinajstić information content (AvgIpc) is 3.21. The smallest absolute Gasteiger partial charge is 0.330 e. The van der Waals surface area contributed by atoms with E-state index in [1.807, 2.05) is 0 Å². The van der Waals surface area contributed by atoms with Crippen LogP contribution in [0.3, 0.4) is 0 Å². The van der Waals surface area contributed by atoms with Crippen LogP contribution in [0, 0.1) is 17.8 Å². The fourth-order valence-electron chi connectivity index (χ4n) is 8.09. The second-order valence-electron chi connectivity index (χ2n) is 15.3. The summed E-state index contributed by atoms with van der Waals surface area (Å²) >= 11 is 0. The van der Waals surface area contributed by atoms with Crippen LogP contribution in [0.4, 0.5) is 0 Å². The van der Waals surface area contributed by atoms with E-state index < -0.39 is 110 Å². The van der Waals surface area contributed by atoms with Gasteiger partial charge in [0.2, 0.25) is 12.6 Å². The lowest BCUT2D eigenvalue weighted by Gasteiger charge is -2.45. The molecule has 5 aliphatic rings. The van der Waals surface area contributed by atoms with Gasteiger partial charge in [0, 0.05) is 66.6 Å². The molecule has 3 aromatic carbocycles. The van der Waals surface area contributed by atoms with Gasteiger partial charge in [-0.3, -0.25) is 9.59 Å². The molecular formula is C42H44O20. The lowest BCUT2D eigenvalue weighted by molar-refractivity contribution is -0.279. The molecule has 0 aromatic heterocycles. The van der Waals surface area contributed by atoms with Gasteiger partial charge in [-0.25, -0.2) is 4.79 Å². The van der Waals surface area contributed by atoms with Crippen LogP contribution in [0.1, 0.15) is 17.9 Å². The van der Waals surface area contributed by atoms with Gasteiger partial charge in [0.1, 0.15) is 108 Å². The number of esters is 2. The summed E-state index contributed by atoms with van der Waals surface area (Å²) in [5.41, 5.74) is 0.887. The third kappa shape index (κ3) is 9.42. The Kier molecular flexibility index (Phi) is 12.9. The predicted molar refractivity (Wildman–Crippen MR) is 204 cm³/mol. The minimum atomic E-state index is -1.85. The number of fused-ring (bicyclic) bond motifs is 2. The molecule has 11 N–H and O–H groups in total. The van der Waals surface area contributed by atoms with E-state index in [-0.39, 0.29) is 52.5 Å². The molecule has 332 valence electrons. The molecule has 0 spiro atoms. The Morgan fingerprint density at radius 3 is 1.61 bits per heavy atom. The summed E-state index contributed by atoms with van der Waals surface area (Å²) in [4.78, 5) is 40.5. The molecule has 20 heteroatoms. The average molecular weight is 869 g/mol. The number of Topliss-reactive ketones (excluding diaryl/α,β-unsaturated/α-hetero) is 1. The summed E-state index contributed by atoms with van der Waals surface area (Å²) in [6.45, 7) is -1.33. The lowest BCUT2D eigenvalue weighted by atomic mass is 9.57. The topological polar surface area (TPSA) is 329 Å². The van der Waals surface area contributed by atoms with Crippen LogP contribution >= 0.6 is 0 Å². The van der Waals surface area contributed by atoms with E-state index in [4.69, 9.17) is 28.4 Å². The van der Waals surface area contributed by atoms with Gasteiger partial charge in [0.05, 0.1) is 5.92 Å². The molecular weight excluding hydrogens is 824 g/mol. The first-order chi connectivity index (χ1) is 29.5. The molecule has 3 fully saturated rings. The molecule has 3 aromatic rings. The predicted octanol–water partition coefficient (Wildman–Crippen LogP) is -0.525. The summed E-state index contributed by atoms with van der Waals surface area (Å²) in [5.74, 6) is -7.65. The standard InChI is InChI=1S/C42H44O20/c43-19-4-1-17(2-5-19)32-27-7-18(3-6-31(49)57-15-29-34(50)36(52)38(54)41(61-29)59-24-10-20(44)8-21(45)11-24)26(14-28(27)48)33(32)40(56)58-16-30-35(51)37(53)39(55)42(62-30)60-25-12-22(46)9-23(47)13-25/h1-13,26-27,29-30,32-39,41-47,50-55H,14-16H2/b6-3+/t26-,27-,29+,30+,32+,33+,34+,35+,36-,37-,38+,39+,41+,42+/m0/s1. The number of ether oxygens (including phenoxy) is 6. The molecule has 2 aliphatic heterocycles. The van der Waals surface area contributed by atoms with Gasteiger partial charge in [-0.1, -0.05) is 24.3 Å². The highest BCUT2D eigenvalue weighted by molar-refractivity contribution is 5.91. The van der Waals surface area contributed by atoms with Gasteiger partial charge in [-0.15, -0.1) is 0 Å². The van der Waals surface area contributed by atoms with E-state index in [0.29, 0.717) is 11.1 Å². The van der Waals surface area contributed by atoms with Crippen LogP contribution in [-0.2, 0) is 33.3 Å². The number of aromatic hydroxyl groups is 5. The molecule has 2 saturated heterocycles. The van der Waals surface area contributed by atoms with Crippen molar-refractivity contribution in [3.63, 3.8) is 0 Å². The van der Waals surface area contributed by atoms with Crippen molar-refractivity contribution in [1.29, 1.82) is 0 Å². The molecule has 0 unspecified atom stereocenters. The Bertz CT molecular complexity index is 2150. The lowest BCUT2D eigenvalue weighted by Crippen LogP contribution is -2.60. The summed E-state index contributed by atoms with van der Waals surface area (Å²) < 4.78 is 33.1. The highest BCUT2D eigenvalue weighted by Crippen LogP contribution is 2.52. The summed E-state index contributed by atoms with van der Waals surface area (Å²) in [7, 11) is 0. The highest BCUT2D eigenvalue weighted by atomic mass is 16.7. The number of rotatable bonds is 12. The van der Waals surface area contributed by atoms with Crippen molar-refractivity contribution in [2.45, 2.75) is 73.8 Å². The van der Waals surface area contributed by atoms with Gasteiger partial charge in [-0.2, -0.15) is 0 Å². The largest absolute Gasteiger partial charge is 0.508 e. The first-order valence-electron chi connectivity index (χ1n) is 19.3. The number of carbonyl (C=O) groups excluding carboxylic acids is 3. The van der Waals surface area contributed by atoms with E-state index in [9.17, 15) is 70.6 Å². The summed E-state index contributed by atoms with van der Waals surface area (Å²) in [6, 6.07) is 12.3. The Balaban J connectivity index is 1.04. The summed E-state index contributed by atoms with van der Waals surface area (Å²) in [6.07, 6.45) is -13.2. The van der Waals surface area contributed by atoms with Crippen LogP contribution in [0.5, 0.6) is 40.2 Å². The monoisotopic (exact) mass is 868 g/mol. The number of carbonyl (C=O) groups is 3. The van der Waals surface area contributed by atoms with Crippen LogP contribution in [0.15, 0.2) is 84.5 Å². The van der Waals surface area contributed by atoms with E-state index in [0.717, 1.165) is 42.5 Å². The number of phenolic OH excluding ortho intramolecular Hbond substituents is 5. The number of allylic oxidation sites excluding steroid dienone is 3. The van der Waals surface area contributed by atoms with E-state index in [2.05, 4.69) is 0 Å². The van der Waals surface area contributed by atoms with Crippen molar-refractivity contribution in [1.82, 2.24) is 0 Å². The molecule has 14 atom stereocenters. The number of aliphatic hydroxyl groups excluding tert-OH is 6. The third-order valence-corrected chi connectivity index (χ3v) is 11.1. The van der Waals surface area contributed by atoms with E-state index in [1.165, 1.54) is 18.2 Å². The zero-order chi connectivity index (χ0) is 44.6. The first kappa shape index (κ1) is 44.1. The van der Waals surface area contributed by atoms with Crippen LogP contribution in [-0.4, -0.2) is 149 Å². The molecule has 0 radical (unpaired) electrons. The van der Waals surface area contributed by atoms with Crippen molar-refractivity contribution in [3.8, 4) is 40.2 Å². The molecule has 3 aliphatic carbocycles. The molecule has 20 nitrogen and oxygen atoms in total. The van der Waals surface area contributed by atoms with Gasteiger partial charge in [0.15, 0.2) is 0 Å². The second-order valence-corrected chi connectivity index (χ2v) is 15.3. The van der Waals surface area contributed by atoms with Crippen molar-refractivity contribution < 1.29 is 99.0 Å². The van der Waals surface area contributed by atoms with Crippen LogP contribution in [0.25, 0.3) is 0 Å². The van der Waals surface area contributed by atoms with Gasteiger partial charge in [-0.05, 0) is 23.3 Å². The Hall–Kier alpha value is -5.97. The number of ketones is 1. The first-order valence-corrected chi connectivity index (χ1v) is 19.3. The number of benzene rings is 3. The fraction of sp³-hybridized carbons (Fsp3) is 0.405.